The van der Waals surface area contributed by atoms with Crippen molar-refractivity contribution in [2.24, 2.45) is 11.3 Å². The Morgan fingerprint density at radius 1 is 0.939 bits per heavy atom. The number of carbonyl (C=O) groups excluding carboxylic acids is 2. The normalized spacial score (nSPS) is 16.0. The fraction of sp³-hybridized carbons (Fsp3) is 0.317. The number of benzene rings is 4. The first-order chi connectivity index (χ1) is 23.4. The summed E-state index contributed by atoms with van der Waals surface area (Å²) < 4.78 is 19.9. The van der Waals surface area contributed by atoms with Crippen molar-refractivity contribution in [3.05, 3.63) is 130 Å². The lowest BCUT2D eigenvalue weighted by Gasteiger charge is -2.33. The lowest BCUT2D eigenvalue weighted by Crippen LogP contribution is -2.27. The first kappa shape index (κ1) is 36.2. The molecule has 4 aromatic carbocycles. The summed E-state index contributed by atoms with van der Waals surface area (Å²) in [5, 5.41) is 6.50. The van der Waals surface area contributed by atoms with Gasteiger partial charge in [0.2, 0.25) is 5.91 Å². The van der Waals surface area contributed by atoms with Gasteiger partial charge < -0.3 is 15.2 Å². The molecule has 1 aliphatic rings. The Kier molecular flexibility index (Phi) is 11.9. The van der Waals surface area contributed by atoms with E-state index in [9.17, 15) is 13.8 Å². The standard InChI is InChI=1S/C41H45ClN2O4S/c1-27-25-35(42)19-22-37(27)31-15-20-36(21-16-31)44-40(46)38(26-28-5-7-33(8-6-28)39(45)43-23-24-49(47)48)32-11-9-29(10-12-32)30-13-17-34(18-14-30)41(2,3)4/h5-13,15-16,19-22,25,34,38H,14,17-18,23-24,26H2,1-4H3,(H,43,45)(H,44,46)(H,47,48)/t34-,38+/m1/s1. The minimum Gasteiger partial charge on any atom is -0.351 e. The van der Waals surface area contributed by atoms with Crippen LogP contribution >= 0.6 is 11.6 Å². The molecule has 6 nitrogen and oxygen atoms in total. The Morgan fingerprint density at radius 2 is 1.61 bits per heavy atom. The highest BCUT2D eigenvalue weighted by molar-refractivity contribution is 7.79. The van der Waals surface area contributed by atoms with Gasteiger partial charge in [0.15, 0.2) is 11.1 Å². The molecule has 1 aliphatic carbocycles. The van der Waals surface area contributed by atoms with Gasteiger partial charge in [0, 0.05) is 22.8 Å². The Hall–Kier alpha value is -4.04. The first-order valence-electron chi connectivity index (χ1n) is 16.8. The molecule has 3 N–H and O–H groups in total. The number of aryl methyl sites for hydroxylation is 1. The van der Waals surface area contributed by atoms with Crippen molar-refractivity contribution >= 4 is 45.8 Å². The zero-order valence-corrected chi connectivity index (χ0v) is 30.2. The van der Waals surface area contributed by atoms with Crippen LogP contribution in [0, 0.1) is 18.3 Å². The predicted molar refractivity (Wildman–Crippen MR) is 202 cm³/mol. The minimum atomic E-state index is -1.97. The van der Waals surface area contributed by atoms with Crippen molar-refractivity contribution in [2.45, 2.75) is 59.3 Å². The van der Waals surface area contributed by atoms with Gasteiger partial charge in [-0.15, -0.1) is 0 Å². The maximum absolute atomic E-state index is 14.0. The van der Waals surface area contributed by atoms with E-state index in [2.05, 4.69) is 61.7 Å². The van der Waals surface area contributed by atoms with Crippen LogP contribution in [0.15, 0.2) is 97.1 Å². The fourth-order valence-corrected chi connectivity index (χ4v) is 6.97. The van der Waals surface area contributed by atoms with Crippen LogP contribution in [0.1, 0.15) is 78.6 Å². The van der Waals surface area contributed by atoms with Crippen molar-refractivity contribution in [3.8, 4) is 11.1 Å². The van der Waals surface area contributed by atoms with Gasteiger partial charge in [0.25, 0.3) is 5.91 Å². The van der Waals surface area contributed by atoms with E-state index in [1.165, 1.54) is 17.6 Å². The van der Waals surface area contributed by atoms with Crippen LogP contribution in [0.25, 0.3) is 16.7 Å². The third-order valence-electron chi connectivity index (χ3n) is 9.51. The lowest BCUT2D eigenvalue weighted by atomic mass is 9.72. The predicted octanol–water partition coefficient (Wildman–Crippen LogP) is 9.46. The van der Waals surface area contributed by atoms with Gasteiger partial charge >= 0.3 is 0 Å². The van der Waals surface area contributed by atoms with Crippen LogP contribution in [0.2, 0.25) is 5.02 Å². The third-order valence-corrected chi connectivity index (χ3v) is 10.3. The molecule has 256 valence electrons. The summed E-state index contributed by atoms with van der Waals surface area (Å²) >= 11 is 4.19. The molecule has 4 aromatic rings. The number of hydrogen-bond acceptors (Lipinski definition) is 3. The van der Waals surface area contributed by atoms with Crippen molar-refractivity contribution in [2.75, 3.05) is 17.6 Å². The quantitative estimate of drug-likeness (QED) is 0.136. The van der Waals surface area contributed by atoms with Gasteiger partial charge in [-0.3, -0.25) is 9.59 Å². The number of allylic oxidation sites excluding steroid dienone is 2. The Bertz CT molecular complexity index is 1830. The second kappa shape index (κ2) is 16.1. The van der Waals surface area contributed by atoms with Crippen molar-refractivity contribution in [1.29, 1.82) is 0 Å². The fourth-order valence-electron chi connectivity index (χ4n) is 6.47. The van der Waals surface area contributed by atoms with Crippen LogP contribution in [0.3, 0.4) is 0 Å². The van der Waals surface area contributed by atoms with E-state index in [-0.39, 0.29) is 24.1 Å². The summed E-state index contributed by atoms with van der Waals surface area (Å²) in [6, 6.07) is 29.2. The molecule has 0 fully saturated rings. The number of carbonyl (C=O) groups is 2. The minimum absolute atomic E-state index is 0.0301. The highest BCUT2D eigenvalue weighted by Gasteiger charge is 2.27. The smallest absolute Gasteiger partial charge is 0.251 e. The van der Waals surface area contributed by atoms with E-state index in [0.29, 0.717) is 34.0 Å². The second-order valence-electron chi connectivity index (χ2n) is 13.9. The highest BCUT2D eigenvalue weighted by atomic mass is 35.5. The molecule has 1 unspecified atom stereocenters. The van der Waals surface area contributed by atoms with Crippen LogP contribution in [-0.2, 0) is 22.3 Å². The van der Waals surface area contributed by atoms with E-state index < -0.39 is 17.0 Å². The number of rotatable bonds is 11. The van der Waals surface area contributed by atoms with E-state index >= 15 is 0 Å². The highest BCUT2D eigenvalue weighted by Crippen LogP contribution is 2.40. The van der Waals surface area contributed by atoms with Gasteiger partial charge in [-0.2, -0.15) is 0 Å². The average Bonchev–Trinajstić information content (AvgIpc) is 3.07. The molecule has 0 radical (unpaired) electrons. The molecular formula is C41H45ClN2O4S. The number of nitrogens with one attached hydrogen (secondary N) is 2. The Labute approximate surface area is 297 Å². The van der Waals surface area contributed by atoms with Crippen molar-refractivity contribution in [1.82, 2.24) is 5.32 Å². The summed E-state index contributed by atoms with van der Waals surface area (Å²) in [4.78, 5) is 26.5. The topological polar surface area (TPSA) is 95.5 Å². The Morgan fingerprint density at radius 3 is 2.20 bits per heavy atom. The number of halogens is 1. The SMILES string of the molecule is Cc1cc(Cl)ccc1-c1ccc(NC(=O)[C@@H](Cc2ccc(C(=O)NCCS(=O)O)cc2)c2ccc(C3=CC[C@@H](C(C)(C)C)CC3)cc2)cc1. The van der Waals surface area contributed by atoms with Crippen molar-refractivity contribution in [3.63, 3.8) is 0 Å². The molecule has 0 saturated carbocycles. The molecule has 0 bridgehead atoms. The number of hydrogen-bond donors (Lipinski definition) is 3. The van der Waals surface area contributed by atoms with Crippen molar-refractivity contribution < 1.29 is 18.4 Å². The Balaban J connectivity index is 1.35. The third kappa shape index (κ3) is 9.78. The summed E-state index contributed by atoms with van der Waals surface area (Å²) in [5.41, 5.74) is 9.04. The van der Waals surface area contributed by atoms with Gasteiger partial charge in [-0.05, 0) is 119 Å². The summed E-state index contributed by atoms with van der Waals surface area (Å²) in [7, 11) is 0. The molecular weight excluding hydrogens is 652 g/mol. The molecule has 8 heteroatoms. The average molecular weight is 697 g/mol. The van der Waals surface area contributed by atoms with Gasteiger partial charge in [-0.25, -0.2) is 4.21 Å². The molecule has 2 amide bonds. The van der Waals surface area contributed by atoms with E-state index in [0.717, 1.165) is 40.7 Å². The summed E-state index contributed by atoms with van der Waals surface area (Å²) in [5.74, 6) is -0.261. The van der Waals surface area contributed by atoms with E-state index in [4.69, 9.17) is 16.2 Å². The molecule has 49 heavy (non-hydrogen) atoms. The van der Waals surface area contributed by atoms with Gasteiger partial charge in [0.1, 0.15) is 0 Å². The van der Waals surface area contributed by atoms with E-state index in [1.807, 2.05) is 61.5 Å². The first-order valence-corrected chi connectivity index (χ1v) is 18.4. The number of amides is 2. The largest absolute Gasteiger partial charge is 0.351 e. The zero-order valence-electron chi connectivity index (χ0n) is 28.6. The molecule has 0 aliphatic heterocycles. The van der Waals surface area contributed by atoms with Crippen LogP contribution in [-0.4, -0.2) is 32.9 Å². The lowest BCUT2D eigenvalue weighted by molar-refractivity contribution is -0.117. The van der Waals surface area contributed by atoms with Crippen LogP contribution < -0.4 is 10.6 Å². The molecule has 3 atom stereocenters. The molecule has 0 spiro atoms. The van der Waals surface area contributed by atoms with E-state index in [1.54, 1.807) is 12.1 Å². The summed E-state index contributed by atoms with van der Waals surface area (Å²) in [6.45, 7) is 9.08. The molecule has 5 rings (SSSR count). The van der Waals surface area contributed by atoms with Crippen LogP contribution in [0.4, 0.5) is 5.69 Å². The maximum atomic E-state index is 14.0. The molecule has 0 heterocycles. The zero-order chi connectivity index (χ0) is 35.1. The van der Waals surface area contributed by atoms with Gasteiger partial charge in [-0.1, -0.05) is 93.0 Å². The second-order valence-corrected chi connectivity index (χ2v) is 15.4. The van der Waals surface area contributed by atoms with Crippen LogP contribution in [0.5, 0.6) is 0 Å². The maximum Gasteiger partial charge on any atom is 0.251 e. The monoisotopic (exact) mass is 696 g/mol. The molecule has 0 aromatic heterocycles. The number of anilines is 1. The van der Waals surface area contributed by atoms with Gasteiger partial charge in [0.05, 0.1) is 11.7 Å². The molecule has 0 saturated heterocycles. The summed E-state index contributed by atoms with van der Waals surface area (Å²) in [6.07, 6.45) is 6.13.